The minimum atomic E-state index is -3.71. The summed E-state index contributed by atoms with van der Waals surface area (Å²) in [5.74, 6) is -2.23. The predicted molar refractivity (Wildman–Crippen MR) is 133 cm³/mol. The number of carbonyl (C=O) groups excluding carboxylic acids is 2. The van der Waals surface area contributed by atoms with Gasteiger partial charge in [-0.25, -0.2) is 12.7 Å². The van der Waals surface area contributed by atoms with Crippen LogP contribution in [0.25, 0.3) is 5.76 Å². The van der Waals surface area contributed by atoms with Crippen LogP contribution in [0.4, 0.5) is 5.69 Å². The second-order valence-electron chi connectivity index (χ2n) is 8.81. The van der Waals surface area contributed by atoms with Crippen LogP contribution in [0.5, 0.6) is 0 Å². The van der Waals surface area contributed by atoms with Crippen molar-refractivity contribution in [3.63, 3.8) is 0 Å². The van der Waals surface area contributed by atoms with Crippen LogP contribution in [-0.4, -0.2) is 85.5 Å². The Morgan fingerprint density at radius 2 is 1.72 bits per heavy atom. The van der Waals surface area contributed by atoms with E-state index in [2.05, 4.69) is 0 Å². The predicted octanol–water partition coefficient (Wildman–Crippen LogP) is 2.22. The first-order valence-corrected chi connectivity index (χ1v) is 12.5. The van der Waals surface area contributed by atoms with Gasteiger partial charge in [0.25, 0.3) is 17.4 Å². The Bertz CT molecular complexity index is 1320. The van der Waals surface area contributed by atoms with Crippen molar-refractivity contribution in [2.24, 2.45) is 0 Å². The molecular weight excluding hydrogens is 488 g/mol. The summed E-state index contributed by atoms with van der Waals surface area (Å²) in [7, 11) is 2.80. The fourth-order valence-corrected chi connectivity index (χ4v) is 4.88. The van der Waals surface area contributed by atoms with Crippen molar-refractivity contribution in [2.75, 3.05) is 41.3 Å². The van der Waals surface area contributed by atoms with E-state index in [9.17, 15) is 33.2 Å². The van der Waals surface area contributed by atoms with E-state index in [0.29, 0.717) is 18.5 Å². The second-order valence-corrected chi connectivity index (χ2v) is 11.0. The van der Waals surface area contributed by atoms with Crippen LogP contribution in [0.3, 0.4) is 0 Å². The van der Waals surface area contributed by atoms with Gasteiger partial charge in [0, 0.05) is 38.3 Å². The number of amides is 1. The highest BCUT2D eigenvalue weighted by Gasteiger charge is 2.46. The van der Waals surface area contributed by atoms with Crippen LogP contribution in [0, 0.1) is 10.1 Å². The number of aliphatic hydroxyl groups excluding tert-OH is 1. The van der Waals surface area contributed by atoms with Gasteiger partial charge in [-0.15, -0.1) is 0 Å². The van der Waals surface area contributed by atoms with Gasteiger partial charge < -0.3 is 14.9 Å². The van der Waals surface area contributed by atoms with Gasteiger partial charge in [0.15, 0.2) is 0 Å². The van der Waals surface area contributed by atoms with Gasteiger partial charge >= 0.3 is 0 Å². The van der Waals surface area contributed by atoms with Crippen LogP contribution in [0.15, 0.2) is 59.0 Å². The van der Waals surface area contributed by atoms with E-state index in [1.165, 1.54) is 61.5 Å². The van der Waals surface area contributed by atoms with Gasteiger partial charge in [-0.3, -0.25) is 19.7 Å². The van der Waals surface area contributed by atoms with Crippen molar-refractivity contribution in [1.82, 2.24) is 14.1 Å². The summed E-state index contributed by atoms with van der Waals surface area (Å²) in [4.78, 5) is 40.1. The summed E-state index contributed by atoms with van der Waals surface area (Å²) >= 11 is 0. The number of likely N-dealkylation sites (tertiary alicyclic amines) is 1. The van der Waals surface area contributed by atoms with E-state index in [4.69, 9.17) is 0 Å². The molecule has 1 fully saturated rings. The number of ketones is 1. The Morgan fingerprint density at radius 3 is 2.28 bits per heavy atom. The number of nitro groups is 1. The van der Waals surface area contributed by atoms with Gasteiger partial charge in [0.05, 0.1) is 21.4 Å². The van der Waals surface area contributed by atoms with E-state index in [1.807, 2.05) is 19.0 Å². The number of carbonyl (C=O) groups is 2. The first-order valence-electron chi connectivity index (χ1n) is 11.1. The number of nitro benzene ring substituents is 1. The zero-order chi connectivity index (χ0) is 26.8. The summed E-state index contributed by atoms with van der Waals surface area (Å²) in [6, 6.07) is 9.81. The third-order valence-corrected chi connectivity index (χ3v) is 7.68. The maximum absolute atomic E-state index is 13.1. The molecule has 1 aliphatic heterocycles. The molecule has 0 spiro atoms. The van der Waals surface area contributed by atoms with E-state index < -0.39 is 38.4 Å². The zero-order valence-corrected chi connectivity index (χ0v) is 21.2. The molecule has 11 nitrogen and oxygen atoms in total. The molecular formula is C24H28N4O7S. The van der Waals surface area contributed by atoms with Crippen molar-refractivity contribution in [3.05, 3.63) is 75.3 Å². The highest BCUT2D eigenvalue weighted by Crippen LogP contribution is 2.40. The molecule has 36 heavy (non-hydrogen) atoms. The minimum Gasteiger partial charge on any atom is -0.507 e. The number of hydrogen-bond acceptors (Lipinski definition) is 8. The number of rotatable bonds is 9. The van der Waals surface area contributed by atoms with Gasteiger partial charge in [0.1, 0.15) is 5.76 Å². The summed E-state index contributed by atoms with van der Waals surface area (Å²) in [5.41, 5.74) is 0.00855. The summed E-state index contributed by atoms with van der Waals surface area (Å²) in [6.45, 7) is 0.819. The van der Waals surface area contributed by atoms with Crippen molar-refractivity contribution >= 4 is 33.2 Å². The van der Waals surface area contributed by atoms with E-state index in [0.717, 1.165) is 4.31 Å². The highest BCUT2D eigenvalue weighted by molar-refractivity contribution is 7.89. The SMILES string of the molecule is CN(C)CCCN1C(=O)C(=O)C(=C(O)c2ccc(S(=O)(=O)N(C)C)cc2)[C@@H]1c1cccc([N+](=O)[O-])c1. The van der Waals surface area contributed by atoms with E-state index in [1.54, 1.807) is 6.07 Å². The smallest absolute Gasteiger partial charge is 0.295 e. The topological polar surface area (TPSA) is 141 Å². The maximum Gasteiger partial charge on any atom is 0.295 e. The van der Waals surface area contributed by atoms with Crippen LogP contribution >= 0.6 is 0 Å². The molecule has 192 valence electrons. The summed E-state index contributed by atoms with van der Waals surface area (Å²) in [5, 5.41) is 22.5. The third-order valence-electron chi connectivity index (χ3n) is 5.85. The Labute approximate surface area is 209 Å². The Morgan fingerprint density at radius 1 is 1.08 bits per heavy atom. The third kappa shape index (κ3) is 5.30. The number of aliphatic hydroxyl groups is 1. The van der Waals surface area contributed by atoms with E-state index in [-0.39, 0.29) is 28.3 Å². The fraction of sp³-hybridized carbons (Fsp3) is 0.333. The number of Topliss-reactive ketones (excluding diaryl/α,β-unsaturated/α-hetero) is 1. The van der Waals surface area contributed by atoms with Crippen LogP contribution in [0.2, 0.25) is 0 Å². The van der Waals surface area contributed by atoms with Crippen LogP contribution < -0.4 is 0 Å². The van der Waals surface area contributed by atoms with Gasteiger partial charge in [-0.2, -0.15) is 0 Å². The molecule has 0 radical (unpaired) electrons. The second kappa shape index (κ2) is 10.6. The lowest BCUT2D eigenvalue weighted by Gasteiger charge is -2.25. The summed E-state index contributed by atoms with van der Waals surface area (Å²) < 4.78 is 25.8. The average Bonchev–Trinajstić information content (AvgIpc) is 3.08. The average molecular weight is 517 g/mol. The molecule has 0 saturated carbocycles. The van der Waals surface area contributed by atoms with E-state index >= 15 is 0 Å². The molecule has 1 heterocycles. The largest absolute Gasteiger partial charge is 0.507 e. The molecule has 0 aliphatic carbocycles. The van der Waals surface area contributed by atoms with Crippen LogP contribution in [-0.2, 0) is 19.6 Å². The molecule has 1 aliphatic rings. The zero-order valence-electron chi connectivity index (χ0n) is 20.4. The molecule has 12 heteroatoms. The number of benzene rings is 2. The first-order chi connectivity index (χ1) is 16.9. The Kier molecular flexibility index (Phi) is 7.92. The molecule has 2 aromatic carbocycles. The molecule has 2 aromatic rings. The van der Waals surface area contributed by atoms with Gasteiger partial charge in [-0.1, -0.05) is 12.1 Å². The monoisotopic (exact) mass is 516 g/mol. The molecule has 1 atom stereocenters. The molecule has 1 saturated heterocycles. The highest BCUT2D eigenvalue weighted by atomic mass is 32.2. The van der Waals surface area contributed by atoms with Crippen molar-refractivity contribution in [2.45, 2.75) is 17.4 Å². The van der Waals surface area contributed by atoms with Crippen molar-refractivity contribution < 1.29 is 28.0 Å². The number of non-ortho nitro benzene ring substituents is 1. The molecule has 1 amide bonds. The lowest BCUT2D eigenvalue weighted by atomic mass is 9.95. The molecule has 0 unspecified atom stereocenters. The number of hydrogen-bond donors (Lipinski definition) is 1. The van der Waals surface area contributed by atoms with Crippen molar-refractivity contribution in [3.8, 4) is 0 Å². The molecule has 1 N–H and O–H groups in total. The normalized spacial score (nSPS) is 17.8. The van der Waals surface area contributed by atoms with Gasteiger partial charge in [-0.05, 0) is 56.9 Å². The van der Waals surface area contributed by atoms with Crippen LogP contribution in [0.1, 0.15) is 23.6 Å². The number of sulfonamides is 1. The molecule has 3 rings (SSSR count). The Balaban J connectivity index is 2.13. The number of nitrogens with zero attached hydrogens (tertiary/aromatic N) is 4. The van der Waals surface area contributed by atoms with Crippen molar-refractivity contribution in [1.29, 1.82) is 0 Å². The maximum atomic E-state index is 13.1. The summed E-state index contributed by atoms with van der Waals surface area (Å²) in [6.07, 6.45) is 0.530. The first kappa shape index (κ1) is 27.0. The van der Waals surface area contributed by atoms with Gasteiger partial charge in [0.2, 0.25) is 10.0 Å². The quantitative estimate of drug-likeness (QED) is 0.176. The molecule has 0 aromatic heterocycles. The standard InChI is InChI=1S/C24H28N4O7S/c1-25(2)13-6-14-27-21(17-7-5-8-18(15-17)28(32)33)20(23(30)24(27)31)22(29)16-9-11-19(12-10-16)36(34,35)26(3)4/h5,7-12,15,21,29H,6,13-14H2,1-4H3/t21-/m0/s1. The lowest BCUT2D eigenvalue weighted by Crippen LogP contribution is -2.32. The lowest BCUT2D eigenvalue weighted by molar-refractivity contribution is -0.384. The minimum absolute atomic E-state index is 0.0107. The molecule has 0 bridgehead atoms. The fourth-order valence-electron chi connectivity index (χ4n) is 3.97. The Hall–Kier alpha value is -3.61.